The van der Waals surface area contributed by atoms with Crippen LogP contribution in [0.1, 0.15) is 22.6 Å². The lowest BCUT2D eigenvalue weighted by Crippen LogP contribution is -2.44. The molecule has 1 unspecified atom stereocenters. The van der Waals surface area contributed by atoms with Crippen molar-refractivity contribution in [2.75, 3.05) is 24.4 Å². The van der Waals surface area contributed by atoms with Crippen LogP contribution in [-0.4, -0.2) is 46.5 Å². The molecule has 0 aliphatic heterocycles. The predicted molar refractivity (Wildman–Crippen MR) is 119 cm³/mol. The largest absolute Gasteiger partial charge is 0.497 e. The minimum Gasteiger partial charge on any atom is -0.497 e. The molecule has 2 amide bonds. The molecule has 0 saturated heterocycles. The quantitative estimate of drug-likeness (QED) is 0.570. The Hall–Kier alpha value is -2.52. The number of ether oxygens (including phenoxy) is 1. The third-order valence-electron chi connectivity index (χ3n) is 4.56. The molecule has 1 atom stereocenters. The highest BCUT2D eigenvalue weighted by molar-refractivity contribution is 7.98. The number of carbonyl (C=O) groups excluding carboxylic acids is 2. The number of aryl methyl sites for hydroxylation is 2. The van der Waals surface area contributed by atoms with Gasteiger partial charge in [0.15, 0.2) is 5.13 Å². The number of rotatable bonds is 8. The van der Waals surface area contributed by atoms with E-state index in [1.165, 1.54) is 11.3 Å². The van der Waals surface area contributed by atoms with Gasteiger partial charge in [-0.1, -0.05) is 0 Å². The summed E-state index contributed by atoms with van der Waals surface area (Å²) in [6.45, 7) is 1.87. The SMILES string of the molecule is COc1ccc2c(c1)cc(C(=O)NC(CCSC)C(=O)Nc1nc(C)cs1)n2C. The predicted octanol–water partition coefficient (Wildman–Crippen LogP) is 3.44. The van der Waals surface area contributed by atoms with E-state index in [1.807, 2.05) is 48.4 Å². The highest BCUT2D eigenvalue weighted by Crippen LogP contribution is 2.24. The standard InChI is InChI=1S/C20H24N4O3S2/c1-12-11-29-20(21-12)23-18(25)15(7-8-28-4)22-19(26)17-10-13-9-14(27-3)5-6-16(13)24(17)2/h5-6,9-11,15H,7-8H2,1-4H3,(H,22,26)(H,21,23,25). The third-order valence-corrected chi connectivity index (χ3v) is 6.08. The number of nitrogens with one attached hydrogen (secondary N) is 2. The average molecular weight is 433 g/mol. The van der Waals surface area contributed by atoms with Crippen LogP contribution in [0.4, 0.5) is 5.13 Å². The van der Waals surface area contributed by atoms with E-state index < -0.39 is 6.04 Å². The van der Waals surface area contributed by atoms with E-state index in [1.54, 1.807) is 24.9 Å². The Balaban J connectivity index is 1.79. The molecule has 1 aromatic carbocycles. The van der Waals surface area contributed by atoms with Crippen LogP contribution in [0.3, 0.4) is 0 Å². The first-order valence-corrected chi connectivity index (χ1v) is 11.4. The summed E-state index contributed by atoms with van der Waals surface area (Å²) >= 11 is 2.99. The van der Waals surface area contributed by atoms with Crippen LogP contribution in [-0.2, 0) is 11.8 Å². The van der Waals surface area contributed by atoms with E-state index in [0.29, 0.717) is 17.2 Å². The van der Waals surface area contributed by atoms with Gasteiger partial charge >= 0.3 is 0 Å². The second kappa shape index (κ2) is 9.32. The highest BCUT2D eigenvalue weighted by Gasteiger charge is 2.24. The van der Waals surface area contributed by atoms with Crippen LogP contribution < -0.4 is 15.4 Å². The number of benzene rings is 1. The average Bonchev–Trinajstić information content (AvgIpc) is 3.27. The zero-order chi connectivity index (χ0) is 21.0. The van der Waals surface area contributed by atoms with Crippen LogP contribution in [0.25, 0.3) is 10.9 Å². The number of amides is 2. The minimum absolute atomic E-state index is 0.262. The molecule has 9 heteroatoms. The number of aromatic nitrogens is 2. The number of methoxy groups -OCH3 is 1. The van der Waals surface area contributed by atoms with Crippen molar-refractivity contribution in [2.45, 2.75) is 19.4 Å². The number of thiazole rings is 1. The van der Waals surface area contributed by atoms with Crippen LogP contribution in [0.5, 0.6) is 5.75 Å². The van der Waals surface area contributed by atoms with Crippen molar-refractivity contribution in [3.05, 3.63) is 41.0 Å². The number of fused-ring (bicyclic) bond motifs is 1. The lowest BCUT2D eigenvalue weighted by atomic mass is 10.2. The van der Waals surface area contributed by atoms with Gasteiger partial charge < -0.3 is 19.9 Å². The van der Waals surface area contributed by atoms with Crippen LogP contribution >= 0.6 is 23.1 Å². The Morgan fingerprint density at radius 3 is 2.79 bits per heavy atom. The molecular weight excluding hydrogens is 408 g/mol. The highest BCUT2D eigenvalue weighted by atomic mass is 32.2. The normalized spacial score (nSPS) is 12.0. The molecule has 0 aliphatic rings. The van der Waals surface area contributed by atoms with Crippen LogP contribution in [0.15, 0.2) is 29.6 Å². The van der Waals surface area contributed by atoms with Crippen molar-refractivity contribution in [1.29, 1.82) is 0 Å². The molecule has 2 aromatic heterocycles. The topological polar surface area (TPSA) is 85.2 Å². The van der Waals surface area contributed by atoms with E-state index >= 15 is 0 Å². The van der Waals surface area contributed by atoms with Crippen molar-refractivity contribution in [1.82, 2.24) is 14.9 Å². The van der Waals surface area contributed by atoms with Crippen molar-refractivity contribution < 1.29 is 14.3 Å². The molecule has 29 heavy (non-hydrogen) atoms. The molecule has 0 radical (unpaired) electrons. The van der Waals surface area contributed by atoms with Gasteiger partial charge in [0.1, 0.15) is 17.5 Å². The molecule has 154 valence electrons. The van der Waals surface area contributed by atoms with Gasteiger partial charge in [0, 0.05) is 23.3 Å². The van der Waals surface area contributed by atoms with Crippen LogP contribution in [0, 0.1) is 6.92 Å². The number of hydrogen-bond acceptors (Lipinski definition) is 6. The second-order valence-corrected chi connectivity index (χ2v) is 8.45. The van der Waals surface area contributed by atoms with Gasteiger partial charge in [0.25, 0.3) is 5.91 Å². The molecule has 0 bridgehead atoms. The zero-order valence-corrected chi connectivity index (χ0v) is 18.4. The number of anilines is 1. The fourth-order valence-electron chi connectivity index (χ4n) is 3.01. The Morgan fingerprint density at radius 1 is 1.34 bits per heavy atom. The number of thioether (sulfide) groups is 1. The summed E-state index contributed by atoms with van der Waals surface area (Å²) in [4.78, 5) is 30.0. The first-order chi connectivity index (χ1) is 13.9. The molecule has 3 rings (SSSR count). The Morgan fingerprint density at radius 2 is 2.14 bits per heavy atom. The van der Waals surface area contributed by atoms with Gasteiger partial charge in [-0.3, -0.25) is 9.59 Å². The first-order valence-electron chi connectivity index (χ1n) is 9.09. The van der Waals surface area contributed by atoms with Gasteiger partial charge in [-0.25, -0.2) is 4.98 Å². The third kappa shape index (κ3) is 4.91. The van der Waals surface area contributed by atoms with Gasteiger partial charge in [-0.15, -0.1) is 11.3 Å². The van der Waals surface area contributed by atoms with Gasteiger partial charge in [0.05, 0.1) is 12.8 Å². The van der Waals surface area contributed by atoms with Crippen LogP contribution in [0.2, 0.25) is 0 Å². The van der Waals surface area contributed by atoms with E-state index in [-0.39, 0.29) is 11.8 Å². The molecule has 0 saturated carbocycles. The number of nitrogens with zero attached hydrogens (tertiary/aromatic N) is 2. The van der Waals surface area contributed by atoms with Crippen molar-refractivity contribution in [3.63, 3.8) is 0 Å². The summed E-state index contributed by atoms with van der Waals surface area (Å²) in [5.74, 6) is 0.925. The fraction of sp³-hybridized carbons (Fsp3) is 0.350. The fourth-order valence-corrected chi connectivity index (χ4v) is 4.18. The molecule has 3 aromatic rings. The smallest absolute Gasteiger partial charge is 0.268 e. The monoisotopic (exact) mass is 432 g/mol. The maximum atomic E-state index is 13.0. The Labute approximate surface area is 177 Å². The molecule has 7 nitrogen and oxygen atoms in total. The lowest BCUT2D eigenvalue weighted by molar-refractivity contribution is -0.118. The Bertz CT molecular complexity index is 1030. The van der Waals surface area contributed by atoms with E-state index in [9.17, 15) is 9.59 Å². The molecule has 0 aliphatic carbocycles. The number of carbonyl (C=O) groups is 2. The van der Waals surface area contributed by atoms with Gasteiger partial charge in [-0.2, -0.15) is 11.8 Å². The molecule has 0 spiro atoms. The summed E-state index contributed by atoms with van der Waals surface area (Å²) in [6, 6.07) is 6.81. The number of hydrogen-bond donors (Lipinski definition) is 2. The lowest BCUT2D eigenvalue weighted by Gasteiger charge is -2.17. The molecule has 2 N–H and O–H groups in total. The zero-order valence-electron chi connectivity index (χ0n) is 16.8. The minimum atomic E-state index is -0.647. The second-order valence-electron chi connectivity index (χ2n) is 6.60. The Kier molecular flexibility index (Phi) is 6.81. The van der Waals surface area contributed by atoms with Crippen molar-refractivity contribution in [3.8, 4) is 5.75 Å². The first kappa shape index (κ1) is 21.2. The van der Waals surface area contributed by atoms with Gasteiger partial charge in [-0.05, 0) is 49.6 Å². The van der Waals surface area contributed by atoms with E-state index in [0.717, 1.165) is 28.1 Å². The van der Waals surface area contributed by atoms with Gasteiger partial charge in [0.2, 0.25) is 5.91 Å². The summed E-state index contributed by atoms with van der Waals surface area (Å²) in [5, 5.41) is 9.00. The molecule has 0 fully saturated rings. The maximum absolute atomic E-state index is 13.0. The van der Waals surface area contributed by atoms with Crippen molar-refractivity contribution >= 4 is 50.9 Å². The maximum Gasteiger partial charge on any atom is 0.268 e. The molecule has 2 heterocycles. The summed E-state index contributed by atoms with van der Waals surface area (Å²) in [5.41, 5.74) is 2.25. The van der Waals surface area contributed by atoms with E-state index in [4.69, 9.17) is 4.74 Å². The van der Waals surface area contributed by atoms with Crippen molar-refractivity contribution in [2.24, 2.45) is 7.05 Å². The molecular formula is C20H24N4O3S2. The van der Waals surface area contributed by atoms with E-state index in [2.05, 4.69) is 15.6 Å². The summed E-state index contributed by atoms with van der Waals surface area (Å²) in [6.07, 6.45) is 2.50. The summed E-state index contributed by atoms with van der Waals surface area (Å²) < 4.78 is 7.08. The summed E-state index contributed by atoms with van der Waals surface area (Å²) in [7, 11) is 3.44.